The predicted molar refractivity (Wildman–Crippen MR) is 122 cm³/mol. The van der Waals surface area contributed by atoms with E-state index >= 15 is 0 Å². The van der Waals surface area contributed by atoms with Gasteiger partial charge in [-0.1, -0.05) is 48.5 Å². The highest BCUT2D eigenvalue weighted by molar-refractivity contribution is 9.11. The van der Waals surface area contributed by atoms with E-state index in [2.05, 4.69) is 72.3 Å². The molecule has 0 saturated carbocycles. The lowest BCUT2D eigenvalue weighted by Crippen LogP contribution is -2.23. The van der Waals surface area contributed by atoms with Gasteiger partial charge >= 0.3 is 5.13 Å². The summed E-state index contributed by atoms with van der Waals surface area (Å²) in [7, 11) is 0.440. The molecule has 8 nitrogen and oxygen atoms in total. The fourth-order valence-electron chi connectivity index (χ4n) is 2.98. The number of nitrogens with zero attached hydrogens (tertiary/aromatic N) is 4. The van der Waals surface area contributed by atoms with E-state index in [-0.39, 0.29) is 0 Å². The SMILES string of the molecule is COS(=O)(=O)[O-].Cn1c(-c2ccccc2)c(N=Nc2sc(Br)c[n+]2C)c2ccccc21. The van der Waals surface area contributed by atoms with Crippen LogP contribution in [0.15, 0.2) is 74.8 Å². The first-order chi connectivity index (χ1) is 14.7. The average molecular weight is 523 g/mol. The Morgan fingerprint density at radius 3 is 2.29 bits per heavy atom. The molecule has 0 unspecified atom stereocenters. The Hall–Kier alpha value is -2.44. The first-order valence-electron chi connectivity index (χ1n) is 8.92. The summed E-state index contributed by atoms with van der Waals surface area (Å²) in [5.41, 5.74) is 4.25. The van der Waals surface area contributed by atoms with Gasteiger partial charge in [-0.3, -0.25) is 4.18 Å². The van der Waals surface area contributed by atoms with Crippen LogP contribution >= 0.6 is 27.3 Å². The Morgan fingerprint density at radius 2 is 1.71 bits per heavy atom. The van der Waals surface area contributed by atoms with Gasteiger partial charge in [0.05, 0.1) is 30.5 Å². The first kappa shape index (κ1) is 23.2. The standard InChI is InChI=1S/C19H16BrN4S.CH4O4S/c1-23-12-16(20)25-19(23)22-21-17-14-10-6-7-11-15(14)24(2)18(17)13-8-4-3-5-9-13;1-5-6(2,3)4/h3-12H,1-2H3;1H3,(H,2,3,4)/q+1;/p-1. The van der Waals surface area contributed by atoms with Gasteiger partial charge in [0.25, 0.3) is 0 Å². The fraction of sp³-hybridized carbons (Fsp3) is 0.150. The molecule has 2 aromatic heterocycles. The number of hydrogen-bond acceptors (Lipinski definition) is 7. The molecule has 0 bridgehead atoms. The highest BCUT2D eigenvalue weighted by atomic mass is 79.9. The van der Waals surface area contributed by atoms with Crippen molar-refractivity contribution in [1.29, 1.82) is 0 Å². The molecule has 4 rings (SSSR count). The van der Waals surface area contributed by atoms with Crippen LogP contribution in [0.2, 0.25) is 0 Å². The van der Waals surface area contributed by atoms with Crippen LogP contribution < -0.4 is 4.57 Å². The molecule has 0 amide bonds. The minimum absolute atomic E-state index is 0.808. The molecule has 0 saturated heterocycles. The Morgan fingerprint density at radius 1 is 1.10 bits per heavy atom. The molecule has 0 aliphatic heterocycles. The summed E-state index contributed by atoms with van der Waals surface area (Å²) in [6.45, 7) is 0. The average Bonchev–Trinajstić information content (AvgIpc) is 3.22. The van der Waals surface area contributed by atoms with Gasteiger partial charge in [0.1, 0.15) is 15.7 Å². The van der Waals surface area contributed by atoms with Crippen molar-refractivity contribution in [2.75, 3.05) is 7.11 Å². The van der Waals surface area contributed by atoms with Crippen molar-refractivity contribution < 1.29 is 21.7 Å². The second-order valence-electron chi connectivity index (χ2n) is 6.34. The Balaban J connectivity index is 0.000000401. The van der Waals surface area contributed by atoms with Crippen LogP contribution in [0.25, 0.3) is 22.2 Å². The number of thiazole rings is 1. The number of fused-ring (bicyclic) bond motifs is 1. The number of azo groups is 1. The summed E-state index contributed by atoms with van der Waals surface area (Å²) in [5.74, 6) is 0. The third-order valence-corrected chi connectivity index (χ3v) is 6.30. The number of rotatable bonds is 4. The van der Waals surface area contributed by atoms with Crippen molar-refractivity contribution in [3.05, 3.63) is 64.6 Å². The molecule has 0 N–H and O–H groups in total. The lowest BCUT2D eigenvalue weighted by Gasteiger charge is -2.04. The lowest BCUT2D eigenvalue weighted by molar-refractivity contribution is -0.654. The largest absolute Gasteiger partial charge is 0.726 e. The fourth-order valence-corrected chi connectivity index (χ4v) is 4.38. The van der Waals surface area contributed by atoms with Crippen LogP contribution in [0.3, 0.4) is 0 Å². The molecule has 2 aromatic carbocycles. The molecule has 0 fully saturated rings. The molecule has 162 valence electrons. The van der Waals surface area contributed by atoms with Gasteiger partial charge in [-0.25, -0.2) is 13.0 Å². The number of para-hydroxylation sites is 1. The smallest absolute Gasteiger partial charge is 0.409 e. The van der Waals surface area contributed by atoms with Crippen molar-refractivity contribution >= 4 is 59.4 Å². The van der Waals surface area contributed by atoms with Gasteiger partial charge in [0, 0.05) is 18.0 Å². The number of hydrogen-bond donors (Lipinski definition) is 0. The van der Waals surface area contributed by atoms with E-state index in [1.54, 1.807) is 11.3 Å². The summed E-state index contributed by atoms with van der Waals surface area (Å²) >= 11 is 5.06. The molecule has 0 spiro atoms. The molecule has 11 heteroatoms. The van der Waals surface area contributed by atoms with Crippen molar-refractivity contribution in [3.63, 3.8) is 0 Å². The summed E-state index contributed by atoms with van der Waals surface area (Å²) in [5, 5.41) is 11.1. The predicted octanol–water partition coefficient (Wildman–Crippen LogP) is 5.00. The molecule has 4 aromatic rings. The van der Waals surface area contributed by atoms with Crippen LogP contribution in [-0.4, -0.2) is 24.6 Å². The van der Waals surface area contributed by atoms with E-state index in [4.69, 9.17) is 0 Å². The van der Waals surface area contributed by atoms with Gasteiger partial charge in [0.15, 0.2) is 0 Å². The zero-order valence-electron chi connectivity index (χ0n) is 16.9. The van der Waals surface area contributed by atoms with Crippen LogP contribution in [0.4, 0.5) is 10.8 Å². The maximum atomic E-state index is 9.22. The zero-order valence-corrected chi connectivity index (χ0v) is 20.1. The number of benzene rings is 2. The Kier molecular flexibility index (Phi) is 7.34. The Bertz CT molecular complexity index is 1330. The van der Waals surface area contributed by atoms with Gasteiger partial charge < -0.3 is 9.12 Å². The van der Waals surface area contributed by atoms with Gasteiger partial charge in [0.2, 0.25) is 10.4 Å². The van der Waals surface area contributed by atoms with Crippen LogP contribution in [0.1, 0.15) is 0 Å². The maximum absolute atomic E-state index is 9.22. The molecular formula is C20H19BrN4O4S2. The number of halogens is 1. The molecular weight excluding hydrogens is 504 g/mol. The highest BCUT2D eigenvalue weighted by Gasteiger charge is 2.19. The van der Waals surface area contributed by atoms with E-state index in [9.17, 15) is 13.0 Å². The lowest BCUT2D eigenvalue weighted by atomic mass is 10.1. The van der Waals surface area contributed by atoms with Crippen molar-refractivity contribution in [2.24, 2.45) is 24.3 Å². The second kappa shape index (κ2) is 9.79. The maximum Gasteiger partial charge on any atom is 0.409 e. The third-order valence-electron chi connectivity index (χ3n) is 4.35. The van der Waals surface area contributed by atoms with E-state index in [1.165, 1.54) is 0 Å². The monoisotopic (exact) mass is 522 g/mol. The topological polar surface area (TPSA) is 100.0 Å². The zero-order chi connectivity index (χ0) is 22.6. The van der Waals surface area contributed by atoms with Gasteiger partial charge in [-0.2, -0.15) is 0 Å². The number of aromatic nitrogens is 2. The van der Waals surface area contributed by atoms with E-state index < -0.39 is 10.4 Å². The van der Waals surface area contributed by atoms with Gasteiger partial charge in [-0.15, -0.1) is 0 Å². The molecule has 0 aliphatic carbocycles. The summed E-state index contributed by atoms with van der Waals surface area (Å²) in [4.78, 5) is 0. The minimum Gasteiger partial charge on any atom is -0.726 e. The molecule has 2 heterocycles. The summed E-state index contributed by atoms with van der Waals surface area (Å²) < 4.78 is 36.2. The normalized spacial score (nSPS) is 11.6. The van der Waals surface area contributed by atoms with Crippen molar-refractivity contribution in [1.82, 2.24) is 4.57 Å². The van der Waals surface area contributed by atoms with E-state index in [0.29, 0.717) is 0 Å². The van der Waals surface area contributed by atoms with Crippen LogP contribution in [0.5, 0.6) is 0 Å². The van der Waals surface area contributed by atoms with Crippen LogP contribution in [-0.2, 0) is 28.7 Å². The van der Waals surface area contributed by atoms with Crippen LogP contribution in [0, 0.1) is 0 Å². The quantitative estimate of drug-likeness (QED) is 0.163. The minimum atomic E-state index is -4.41. The molecule has 0 radical (unpaired) electrons. The third kappa shape index (κ3) is 5.63. The molecule has 31 heavy (non-hydrogen) atoms. The highest BCUT2D eigenvalue weighted by Crippen LogP contribution is 2.40. The second-order valence-corrected chi connectivity index (χ2v) is 9.88. The van der Waals surface area contributed by atoms with E-state index in [1.807, 2.05) is 42.1 Å². The molecule has 0 atom stereocenters. The van der Waals surface area contributed by atoms with Crippen molar-refractivity contribution in [2.45, 2.75) is 0 Å². The van der Waals surface area contributed by atoms with Gasteiger partial charge in [-0.05, 0) is 38.4 Å². The molecule has 0 aliphatic rings. The van der Waals surface area contributed by atoms with E-state index in [0.717, 1.165) is 43.9 Å². The van der Waals surface area contributed by atoms with Crippen molar-refractivity contribution in [3.8, 4) is 11.3 Å². The summed E-state index contributed by atoms with van der Waals surface area (Å²) in [6, 6.07) is 18.6. The summed E-state index contributed by atoms with van der Waals surface area (Å²) in [6.07, 6.45) is 1.99. The first-order valence-corrected chi connectivity index (χ1v) is 11.9. The Labute approximate surface area is 192 Å². The number of aryl methyl sites for hydroxylation is 2.